The number of ketones is 1. The highest BCUT2D eigenvalue weighted by Gasteiger charge is 2.27. The van der Waals surface area contributed by atoms with Crippen LogP contribution in [-0.2, 0) is 22.7 Å². The van der Waals surface area contributed by atoms with E-state index >= 15 is 0 Å². The number of hydrogen-bond acceptors (Lipinski definition) is 6. The van der Waals surface area contributed by atoms with Crippen molar-refractivity contribution in [3.8, 4) is 0 Å². The Kier molecular flexibility index (Phi) is 8.95. The normalized spacial score (nSPS) is 12.8. The Balaban J connectivity index is 1.76. The van der Waals surface area contributed by atoms with Crippen LogP contribution in [0.25, 0.3) is 0 Å². The average molecular weight is 484 g/mol. The van der Waals surface area contributed by atoms with E-state index in [9.17, 15) is 18.8 Å². The van der Waals surface area contributed by atoms with Gasteiger partial charge in [0.05, 0.1) is 13.1 Å². The van der Waals surface area contributed by atoms with E-state index in [1.165, 1.54) is 24.1 Å². The third-order valence-electron chi connectivity index (χ3n) is 6.15. The van der Waals surface area contributed by atoms with Crippen molar-refractivity contribution >= 4 is 23.3 Å². The second-order valence-corrected chi connectivity index (χ2v) is 8.77. The van der Waals surface area contributed by atoms with Gasteiger partial charge in [-0.05, 0) is 55.3 Å². The number of anilines is 1. The lowest BCUT2D eigenvalue weighted by Crippen LogP contribution is -2.48. The maximum atomic E-state index is 13.6. The molecule has 35 heavy (non-hydrogen) atoms. The molecule has 1 aliphatic rings. The molecule has 2 aromatic rings. The Hall–Kier alpha value is -3.30. The fourth-order valence-electron chi connectivity index (χ4n) is 4.07. The SMILES string of the molecule is CCNCCNC(=O)CN(CC(=O)N(C)N1Cc2ccc(F)cc2C1)c1cc(C(C)=O)ccc1C. The summed E-state index contributed by atoms with van der Waals surface area (Å²) in [4.78, 5) is 39.7. The van der Waals surface area contributed by atoms with Gasteiger partial charge < -0.3 is 15.5 Å². The van der Waals surface area contributed by atoms with Crippen LogP contribution in [0, 0.1) is 12.7 Å². The van der Waals surface area contributed by atoms with Crippen molar-refractivity contribution in [2.75, 3.05) is 44.7 Å². The fourth-order valence-corrected chi connectivity index (χ4v) is 4.07. The molecule has 0 saturated carbocycles. The summed E-state index contributed by atoms with van der Waals surface area (Å²) in [5, 5.41) is 9.39. The van der Waals surface area contributed by atoms with E-state index in [-0.39, 0.29) is 36.5 Å². The number of hydrogen-bond donors (Lipinski definition) is 2. The highest BCUT2D eigenvalue weighted by atomic mass is 19.1. The van der Waals surface area contributed by atoms with E-state index < -0.39 is 0 Å². The number of Topliss-reactive ketones (excluding diaryl/α,β-unsaturated/α-hetero) is 1. The van der Waals surface area contributed by atoms with Crippen LogP contribution in [0.1, 0.15) is 40.9 Å². The van der Waals surface area contributed by atoms with Crippen molar-refractivity contribution in [3.05, 3.63) is 64.5 Å². The lowest BCUT2D eigenvalue weighted by molar-refractivity contribution is -0.145. The molecular formula is C26H34FN5O3. The fraction of sp³-hybridized carbons (Fsp3) is 0.423. The molecule has 0 atom stereocenters. The van der Waals surface area contributed by atoms with Crippen molar-refractivity contribution in [2.45, 2.75) is 33.9 Å². The minimum absolute atomic E-state index is 0.0284. The van der Waals surface area contributed by atoms with Crippen molar-refractivity contribution in [1.82, 2.24) is 20.7 Å². The van der Waals surface area contributed by atoms with Gasteiger partial charge in [-0.15, -0.1) is 0 Å². The highest BCUT2D eigenvalue weighted by Crippen LogP contribution is 2.26. The number of rotatable bonds is 11. The van der Waals surface area contributed by atoms with Gasteiger partial charge in [0.15, 0.2) is 5.78 Å². The average Bonchev–Trinajstić information content (AvgIpc) is 3.24. The molecule has 188 valence electrons. The number of hydrazine groups is 1. The van der Waals surface area contributed by atoms with Crippen LogP contribution < -0.4 is 15.5 Å². The first-order valence-corrected chi connectivity index (χ1v) is 11.8. The molecule has 0 spiro atoms. The molecule has 0 fully saturated rings. The lowest BCUT2D eigenvalue weighted by Gasteiger charge is -2.32. The third-order valence-corrected chi connectivity index (χ3v) is 6.15. The molecule has 0 aliphatic carbocycles. The van der Waals surface area contributed by atoms with Crippen LogP contribution in [0.2, 0.25) is 0 Å². The van der Waals surface area contributed by atoms with Crippen LogP contribution in [0.4, 0.5) is 10.1 Å². The molecule has 3 rings (SSSR count). The molecule has 0 aromatic heterocycles. The van der Waals surface area contributed by atoms with E-state index in [2.05, 4.69) is 10.6 Å². The lowest BCUT2D eigenvalue weighted by atomic mass is 10.1. The summed E-state index contributed by atoms with van der Waals surface area (Å²) >= 11 is 0. The zero-order chi connectivity index (χ0) is 25.5. The molecule has 2 N–H and O–H groups in total. The predicted octanol–water partition coefficient (Wildman–Crippen LogP) is 2.26. The molecule has 9 heteroatoms. The predicted molar refractivity (Wildman–Crippen MR) is 133 cm³/mol. The number of amides is 2. The monoisotopic (exact) mass is 483 g/mol. The van der Waals surface area contributed by atoms with Gasteiger partial charge in [-0.3, -0.25) is 19.4 Å². The molecule has 0 saturated heterocycles. The molecule has 1 heterocycles. The summed E-state index contributed by atoms with van der Waals surface area (Å²) in [7, 11) is 1.68. The highest BCUT2D eigenvalue weighted by molar-refractivity contribution is 5.96. The number of nitrogens with zero attached hydrogens (tertiary/aromatic N) is 3. The minimum atomic E-state index is -0.299. The van der Waals surface area contributed by atoms with Gasteiger partial charge in [0.25, 0.3) is 5.91 Å². The van der Waals surface area contributed by atoms with Crippen LogP contribution in [-0.4, -0.2) is 67.4 Å². The molecule has 8 nitrogen and oxygen atoms in total. The van der Waals surface area contributed by atoms with Gasteiger partial charge in [-0.25, -0.2) is 9.40 Å². The van der Waals surface area contributed by atoms with Crippen LogP contribution in [0.5, 0.6) is 0 Å². The molecule has 2 amide bonds. The quantitative estimate of drug-likeness (QED) is 0.377. The second kappa shape index (κ2) is 11.9. The summed E-state index contributed by atoms with van der Waals surface area (Å²) in [6, 6.07) is 9.95. The number of benzene rings is 2. The number of aryl methyl sites for hydroxylation is 1. The molecule has 0 unspecified atom stereocenters. The number of halogens is 1. The number of carbonyl (C=O) groups excluding carboxylic acids is 3. The van der Waals surface area contributed by atoms with Gasteiger partial charge >= 0.3 is 0 Å². The van der Waals surface area contributed by atoms with Crippen molar-refractivity contribution in [1.29, 1.82) is 0 Å². The van der Waals surface area contributed by atoms with E-state index in [0.717, 1.165) is 23.2 Å². The van der Waals surface area contributed by atoms with Gasteiger partial charge in [-0.2, -0.15) is 0 Å². The van der Waals surface area contributed by atoms with Gasteiger partial charge in [0.2, 0.25) is 5.91 Å². The first-order chi connectivity index (χ1) is 16.7. The van der Waals surface area contributed by atoms with Crippen LogP contribution in [0.3, 0.4) is 0 Å². The van der Waals surface area contributed by atoms with Gasteiger partial charge in [0, 0.05) is 44.5 Å². The Bertz CT molecular complexity index is 1090. The third kappa shape index (κ3) is 6.86. The van der Waals surface area contributed by atoms with E-state index in [0.29, 0.717) is 37.4 Å². The Morgan fingerprint density at radius 2 is 1.77 bits per heavy atom. The van der Waals surface area contributed by atoms with Gasteiger partial charge in [0.1, 0.15) is 5.82 Å². The number of carbonyl (C=O) groups is 3. The summed E-state index contributed by atoms with van der Waals surface area (Å²) < 4.78 is 13.6. The van der Waals surface area contributed by atoms with Crippen molar-refractivity contribution in [3.63, 3.8) is 0 Å². The molecule has 1 aliphatic heterocycles. The molecular weight excluding hydrogens is 449 g/mol. The number of fused-ring (bicyclic) bond motifs is 1. The van der Waals surface area contributed by atoms with Crippen molar-refractivity contribution in [2.24, 2.45) is 0 Å². The maximum Gasteiger partial charge on any atom is 0.256 e. The summed E-state index contributed by atoms with van der Waals surface area (Å²) in [6.07, 6.45) is 0. The van der Waals surface area contributed by atoms with Crippen LogP contribution >= 0.6 is 0 Å². The van der Waals surface area contributed by atoms with Gasteiger partial charge in [-0.1, -0.05) is 25.1 Å². The van der Waals surface area contributed by atoms with E-state index in [1.54, 1.807) is 30.1 Å². The summed E-state index contributed by atoms with van der Waals surface area (Å²) in [5.41, 5.74) is 3.86. The number of nitrogens with one attached hydrogen (secondary N) is 2. The Morgan fingerprint density at radius 3 is 2.49 bits per heavy atom. The van der Waals surface area contributed by atoms with E-state index in [4.69, 9.17) is 0 Å². The largest absolute Gasteiger partial charge is 0.353 e. The van der Waals surface area contributed by atoms with Crippen molar-refractivity contribution < 1.29 is 18.8 Å². The summed E-state index contributed by atoms with van der Waals surface area (Å²) in [5.74, 6) is -0.820. The zero-order valence-electron chi connectivity index (χ0n) is 20.9. The Labute approximate surface area is 206 Å². The molecule has 2 aromatic carbocycles. The minimum Gasteiger partial charge on any atom is -0.353 e. The summed E-state index contributed by atoms with van der Waals surface area (Å²) in [6.45, 7) is 8.15. The van der Waals surface area contributed by atoms with E-state index in [1.807, 2.05) is 24.9 Å². The van der Waals surface area contributed by atoms with Crippen LogP contribution in [0.15, 0.2) is 36.4 Å². The molecule has 0 bridgehead atoms. The maximum absolute atomic E-state index is 13.6. The zero-order valence-corrected chi connectivity index (χ0v) is 20.9. The topological polar surface area (TPSA) is 85.0 Å². The first-order valence-electron chi connectivity index (χ1n) is 11.8. The number of likely N-dealkylation sites (N-methyl/N-ethyl adjacent to an activating group) is 2. The smallest absolute Gasteiger partial charge is 0.256 e. The Morgan fingerprint density at radius 1 is 1.03 bits per heavy atom. The standard InChI is InChI=1S/C26H34FN5O3/c1-5-28-10-11-29-25(34)16-31(24-13-20(19(3)33)7-6-18(24)2)17-26(35)30(4)32-14-21-8-9-23(27)12-22(21)15-32/h6-9,12-13,28H,5,10-11,14-17H2,1-4H3,(H,29,34). The second-order valence-electron chi connectivity index (χ2n) is 8.77. The first kappa shape index (κ1) is 26.3. The molecule has 0 radical (unpaired) electrons.